The molecule has 2 fully saturated rings. The van der Waals surface area contributed by atoms with Gasteiger partial charge in [0, 0.05) is 44.0 Å². The molecule has 8 heteroatoms. The van der Waals surface area contributed by atoms with Crippen molar-refractivity contribution in [2.24, 2.45) is 5.92 Å². The molecule has 0 aliphatic carbocycles. The molecule has 2 aromatic carbocycles. The monoisotopic (exact) mass is 490 g/mol. The molecule has 4 rings (SSSR count). The zero-order valence-electron chi connectivity index (χ0n) is 19.2. The number of sulfonamides is 1. The molecule has 0 N–H and O–H groups in total. The molecular formula is C25H31ClN2O4S. The average Bonchev–Trinajstić information content (AvgIpc) is 2.82. The largest absolute Gasteiger partial charge is 0.490 e. The third-order valence-electron chi connectivity index (χ3n) is 6.63. The standard InChI is InChI=1S/C25H31ClN2O4S/c1-18-5-3-6-19(2)24(18)32-22-12-15-27(16-13-22)25(29)20-7-4-14-28(17-20)33(30,31)23-10-8-21(26)9-11-23/h3,5-6,8-11,20,22H,4,7,12-17H2,1-2H3. The molecule has 0 saturated carbocycles. The number of aryl methyl sites for hydroxylation is 2. The van der Waals surface area contributed by atoms with Gasteiger partial charge in [0.05, 0.1) is 10.8 Å². The van der Waals surface area contributed by atoms with Crippen LogP contribution in [0.2, 0.25) is 5.02 Å². The highest BCUT2D eigenvalue weighted by Gasteiger charge is 2.36. The zero-order valence-corrected chi connectivity index (χ0v) is 20.7. The molecule has 2 aromatic rings. The SMILES string of the molecule is Cc1cccc(C)c1OC1CCN(C(=O)C2CCCN(S(=O)(=O)c3ccc(Cl)cc3)C2)CC1. The molecule has 1 atom stereocenters. The van der Waals surface area contributed by atoms with Gasteiger partial charge in [-0.25, -0.2) is 8.42 Å². The molecule has 2 saturated heterocycles. The quantitative estimate of drug-likeness (QED) is 0.622. The molecule has 2 aliphatic heterocycles. The van der Waals surface area contributed by atoms with E-state index in [1.807, 2.05) is 36.9 Å². The number of halogens is 1. The molecule has 2 heterocycles. The van der Waals surface area contributed by atoms with E-state index in [1.54, 1.807) is 12.1 Å². The summed E-state index contributed by atoms with van der Waals surface area (Å²) in [5.41, 5.74) is 2.25. The van der Waals surface area contributed by atoms with Crippen LogP contribution in [0.25, 0.3) is 0 Å². The van der Waals surface area contributed by atoms with Gasteiger partial charge in [-0.05, 0) is 62.1 Å². The van der Waals surface area contributed by atoms with Crippen LogP contribution >= 0.6 is 11.6 Å². The van der Waals surface area contributed by atoms with Crippen molar-refractivity contribution in [2.45, 2.75) is 50.5 Å². The minimum absolute atomic E-state index is 0.0523. The average molecular weight is 491 g/mol. The fraction of sp³-hybridized carbons (Fsp3) is 0.480. The van der Waals surface area contributed by atoms with Crippen LogP contribution in [0.3, 0.4) is 0 Å². The summed E-state index contributed by atoms with van der Waals surface area (Å²) in [7, 11) is -3.64. The molecule has 178 valence electrons. The van der Waals surface area contributed by atoms with Gasteiger partial charge in [-0.1, -0.05) is 29.8 Å². The first-order valence-electron chi connectivity index (χ1n) is 11.5. The lowest BCUT2D eigenvalue weighted by Gasteiger charge is -2.37. The number of nitrogens with zero attached hydrogens (tertiary/aromatic N) is 2. The van der Waals surface area contributed by atoms with Gasteiger partial charge < -0.3 is 9.64 Å². The van der Waals surface area contributed by atoms with Crippen LogP contribution in [0.4, 0.5) is 0 Å². The Hall–Kier alpha value is -2.09. The molecule has 2 aliphatic rings. The normalized spacial score (nSPS) is 20.6. The lowest BCUT2D eigenvalue weighted by Crippen LogP contribution is -2.49. The van der Waals surface area contributed by atoms with Crippen molar-refractivity contribution < 1.29 is 17.9 Å². The number of likely N-dealkylation sites (tertiary alicyclic amines) is 1. The number of hydrogen-bond acceptors (Lipinski definition) is 4. The number of piperidine rings is 2. The number of para-hydroxylation sites is 1. The van der Waals surface area contributed by atoms with Crippen LogP contribution in [0.5, 0.6) is 5.75 Å². The number of amides is 1. The van der Waals surface area contributed by atoms with E-state index in [0.29, 0.717) is 37.5 Å². The molecular weight excluding hydrogens is 460 g/mol. The number of carbonyl (C=O) groups is 1. The molecule has 1 amide bonds. The Balaban J connectivity index is 1.35. The van der Waals surface area contributed by atoms with Crippen molar-refractivity contribution in [1.29, 1.82) is 0 Å². The summed E-state index contributed by atoms with van der Waals surface area (Å²) in [6.45, 7) is 6.02. The maximum atomic E-state index is 13.2. The van der Waals surface area contributed by atoms with Gasteiger partial charge in [0.2, 0.25) is 15.9 Å². The Morgan fingerprint density at radius 2 is 1.61 bits per heavy atom. The maximum absolute atomic E-state index is 13.2. The minimum Gasteiger partial charge on any atom is -0.490 e. The summed E-state index contributed by atoms with van der Waals surface area (Å²) in [6.07, 6.45) is 3.03. The summed E-state index contributed by atoms with van der Waals surface area (Å²) >= 11 is 5.90. The van der Waals surface area contributed by atoms with Crippen LogP contribution < -0.4 is 4.74 Å². The van der Waals surface area contributed by atoms with Crippen molar-refractivity contribution in [3.63, 3.8) is 0 Å². The number of benzene rings is 2. The van der Waals surface area contributed by atoms with E-state index >= 15 is 0 Å². The van der Waals surface area contributed by atoms with Crippen molar-refractivity contribution in [1.82, 2.24) is 9.21 Å². The Morgan fingerprint density at radius 3 is 2.24 bits per heavy atom. The summed E-state index contributed by atoms with van der Waals surface area (Å²) in [5, 5.41) is 0.491. The second-order valence-corrected chi connectivity index (χ2v) is 11.4. The number of ether oxygens (including phenoxy) is 1. The van der Waals surface area contributed by atoms with E-state index in [2.05, 4.69) is 0 Å². The minimum atomic E-state index is -3.64. The molecule has 6 nitrogen and oxygen atoms in total. The molecule has 0 aromatic heterocycles. The predicted octanol–water partition coefficient (Wildman–Crippen LogP) is 4.43. The van der Waals surface area contributed by atoms with Gasteiger partial charge in [-0.15, -0.1) is 0 Å². The van der Waals surface area contributed by atoms with Gasteiger partial charge in [-0.3, -0.25) is 4.79 Å². The van der Waals surface area contributed by atoms with Crippen molar-refractivity contribution in [3.05, 3.63) is 58.6 Å². The van der Waals surface area contributed by atoms with E-state index in [9.17, 15) is 13.2 Å². The lowest BCUT2D eigenvalue weighted by molar-refractivity contribution is -0.138. The highest BCUT2D eigenvalue weighted by atomic mass is 35.5. The maximum Gasteiger partial charge on any atom is 0.243 e. The smallest absolute Gasteiger partial charge is 0.243 e. The second kappa shape index (κ2) is 10.0. The summed E-state index contributed by atoms with van der Waals surface area (Å²) in [5.74, 6) is 0.686. The first kappa shape index (κ1) is 24.0. The van der Waals surface area contributed by atoms with E-state index in [0.717, 1.165) is 29.7 Å². The summed E-state index contributed by atoms with van der Waals surface area (Å²) in [4.78, 5) is 15.3. The Bertz CT molecular complexity index is 1080. The fourth-order valence-corrected chi connectivity index (χ4v) is 6.37. The van der Waals surface area contributed by atoms with Crippen LogP contribution in [0, 0.1) is 19.8 Å². The third-order valence-corrected chi connectivity index (χ3v) is 8.76. The predicted molar refractivity (Wildman–Crippen MR) is 129 cm³/mol. The Labute approximate surface area is 201 Å². The van der Waals surface area contributed by atoms with Crippen LogP contribution in [-0.4, -0.2) is 55.8 Å². The molecule has 33 heavy (non-hydrogen) atoms. The van der Waals surface area contributed by atoms with E-state index in [-0.39, 0.29) is 29.4 Å². The van der Waals surface area contributed by atoms with E-state index in [1.165, 1.54) is 16.4 Å². The summed E-state index contributed by atoms with van der Waals surface area (Å²) in [6, 6.07) is 12.3. The van der Waals surface area contributed by atoms with Crippen molar-refractivity contribution in [3.8, 4) is 5.75 Å². The van der Waals surface area contributed by atoms with Crippen molar-refractivity contribution in [2.75, 3.05) is 26.2 Å². The summed E-state index contributed by atoms with van der Waals surface area (Å²) < 4.78 is 33.8. The van der Waals surface area contributed by atoms with Gasteiger partial charge in [-0.2, -0.15) is 4.31 Å². The zero-order chi connectivity index (χ0) is 23.6. The topological polar surface area (TPSA) is 66.9 Å². The molecule has 0 bridgehead atoms. The fourth-order valence-electron chi connectivity index (χ4n) is 4.72. The first-order valence-corrected chi connectivity index (χ1v) is 13.3. The second-order valence-electron chi connectivity index (χ2n) is 9.02. The third kappa shape index (κ3) is 5.36. The Morgan fingerprint density at radius 1 is 0.970 bits per heavy atom. The number of carbonyl (C=O) groups excluding carboxylic acids is 1. The van der Waals surface area contributed by atoms with Crippen LogP contribution in [0.15, 0.2) is 47.4 Å². The Kier molecular flexibility index (Phi) is 7.31. The first-order chi connectivity index (χ1) is 15.8. The van der Waals surface area contributed by atoms with E-state index in [4.69, 9.17) is 16.3 Å². The van der Waals surface area contributed by atoms with E-state index < -0.39 is 10.0 Å². The van der Waals surface area contributed by atoms with Gasteiger partial charge in [0.15, 0.2) is 0 Å². The van der Waals surface area contributed by atoms with Crippen LogP contribution in [0.1, 0.15) is 36.8 Å². The number of hydrogen-bond donors (Lipinski definition) is 0. The van der Waals surface area contributed by atoms with Crippen molar-refractivity contribution >= 4 is 27.5 Å². The molecule has 1 unspecified atom stereocenters. The van der Waals surface area contributed by atoms with Gasteiger partial charge >= 0.3 is 0 Å². The van der Waals surface area contributed by atoms with Gasteiger partial charge in [0.1, 0.15) is 11.9 Å². The van der Waals surface area contributed by atoms with Crippen LogP contribution in [-0.2, 0) is 14.8 Å². The lowest BCUT2D eigenvalue weighted by atomic mass is 9.96. The number of rotatable bonds is 5. The highest BCUT2D eigenvalue weighted by Crippen LogP contribution is 2.29. The highest BCUT2D eigenvalue weighted by molar-refractivity contribution is 7.89. The van der Waals surface area contributed by atoms with Gasteiger partial charge in [0.25, 0.3) is 0 Å². The molecule has 0 radical (unpaired) electrons. The molecule has 0 spiro atoms.